The lowest BCUT2D eigenvalue weighted by molar-refractivity contribution is -0.130. The molecule has 1 aliphatic heterocycles. The van der Waals surface area contributed by atoms with E-state index in [9.17, 15) is 14.4 Å². The van der Waals surface area contributed by atoms with Gasteiger partial charge in [0, 0.05) is 56.1 Å². The lowest BCUT2D eigenvalue weighted by atomic mass is 10.1. The maximum Gasteiger partial charge on any atom is 0.257 e. The van der Waals surface area contributed by atoms with Crippen LogP contribution in [-0.2, 0) is 11.3 Å². The molecular formula is C30H37N5O4S2. The predicted molar refractivity (Wildman–Crippen MR) is 163 cm³/mol. The van der Waals surface area contributed by atoms with Crippen molar-refractivity contribution >= 4 is 46.0 Å². The molecule has 4 rings (SSSR count). The smallest absolute Gasteiger partial charge is 0.257 e. The van der Waals surface area contributed by atoms with Crippen molar-refractivity contribution in [1.82, 2.24) is 20.1 Å². The topological polar surface area (TPSA) is 104 Å². The molecule has 1 fully saturated rings. The summed E-state index contributed by atoms with van der Waals surface area (Å²) in [6, 6.07) is 13.5. The Morgan fingerprint density at radius 1 is 1.02 bits per heavy atom. The molecule has 2 aromatic carbocycles. The van der Waals surface area contributed by atoms with Gasteiger partial charge in [0.05, 0.1) is 23.1 Å². The Bertz CT molecular complexity index is 1370. The van der Waals surface area contributed by atoms with Crippen LogP contribution in [0.1, 0.15) is 54.0 Å². The van der Waals surface area contributed by atoms with E-state index in [0.717, 1.165) is 21.2 Å². The van der Waals surface area contributed by atoms with E-state index >= 15 is 0 Å². The summed E-state index contributed by atoms with van der Waals surface area (Å²) in [5.41, 5.74) is 2.17. The van der Waals surface area contributed by atoms with Crippen molar-refractivity contribution in [3.63, 3.8) is 0 Å². The first-order valence-corrected chi connectivity index (χ1v) is 15.3. The third kappa shape index (κ3) is 8.08. The number of piperazine rings is 1. The van der Waals surface area contributed by atoms with Crippen LogP contribution in [0.3, 0.4) is 0 Å². The first kappa shape index (κ1) is 30.5. The highest BCUT2D eigenvalue weighted by Crippen LogP contribution is 2.36. The summed E-state index contributed by atoms with van der Waals surface area (Å²) >= 11 is 2.83. The summed E-state index contributed by atoms with van der Waals surface area (Å²) in [7, 11) is 1.54. The Hall–Kier alpha value is -3.41. The van der Waals surface area contributed by atoms with Crippen LogP contribution in [-0.4, -0.2) is 71.8 Å². The van der Waals surface area contributed by atoms with E-state index in [1.165, 1.54) is 23.1 Å². The number of hydrogen-bond acceptors (Lipinski definition) is 8. The van der Waals surface area contributed by atoms with Crippen LogP contribution in [0.15, 0.2) is 57.8 Å². The molecule has 1 aliphatic rings. The Morgan fingerprint density at radius 3 is 2.34 bits per heavy atom. The number of anilines is 1. The number of ether oxygens (including phenoxy) is 1. The van der Waals surface area contributed by atoms with Crippen LogP contribution in [0.2, 0.25) is 0 Å². The fourth-order valence-electron chi connectivity index (χ4n) is 4.25. The zero-order chi connectivity index (χ0) is 29.5. The van der Waals surface area contributed by atoms with Crippen LogP contribution in [0.4, 0.5) is 5.13 Å². The van der Waals surface area contributed by atoms with E-state index in [4.69, 9.17) is 4.74 Å². The third-order valence-corrected chi connectivity index (χ3v) is 9.18. The maximum atomic E-state index is 13.3. The molecule has 2 heterocycles. The minimum absolute atomic E-state index is 0.0193. The summed E-state index contributed by atoms with van der Waals surface area (Å²) < 4.78 is 6.34. The Labute approximate surface area is 249 Å². The van der Waals surface area contributed by atoms with Crippen molar-refractivity contribution in [2.24, 2.45) is 5.92 Å². The summed E-state index contributed by atoms with van der Waals surface area (Å²) in [4.78, 5) is 46.5. The number of nitrogens with zero attached hydrogens (tertiary/aromatic N) is 3. The third-order valence-electron chi connectivity index (χ3n) is 7.18. The molecule has 11 heteroatoms. The van der Waals surface area contributed by atoms with Crippen molar-refractivity contribution in [3.05, 3.63) is 65.4 Å². The van der Waals surface area contributed by atoms with Crippen LogP contribution < -0.4 is 15.4 Å². The molecule has 2 N–H and O–H groups in total. The Morgan fingerprint density at radius 2 is 1.71 bits per heavy atom. The van der Waals surface area contributed by atoms with Crippen molar-refractivity contribution in [2.75, 3.05) is 38.6 Å². The van der Waals surface area contributed by atoms with E-state index in [1.807, 2.05) is 36.4 Å². The summed E-state index contributed by atoms with van der Waals surface area (Å²) in [6.07, 6.45) is 1.71. The number of hydrogen-bond donors (Lipinski definition) is 2. The van der Waals surface area contributed by atoms with E-state index in [1.54, 1.807) is 36.1 Å². The molecule has 0 radical (unpaired) electrons. The molecule has 218 valence electrons. The van der Waals surface area contributed by atoms with Crippen molar-refractivity contribution in [2.45, 2.75) is 49.4 Å². The number of thiazole rings is 1. The molecule has 3 aromatic rings. The highest BCUT2D eigenvalue weighted by atomic mass is 32.2. The zero-order valence-electron chi connectivity index (χ0n) is 24.1. The van der Waals surface area contributed by atoms with Gasteiger partial charge in [-0.2, -0.15) is 0 Å². The number of benzene rings is 2. The maximum absolute atomic E-state index is 13.3. The predicted octanol–water partition coefficient (Wildman–Crippen LogP) is 4.99. The van der Waals surface area contributed by atoms with Gasteiger partial charge < -0.3 is 19.9 Å². The van der Waals surface area contributed by atoms with E-state index in [0.29, 0.717) is 60.1 Å². The summed E-state index contributed by atoms with van der Waals surface area (Å²) in [5, 5.41) is 6.88. The molecular weight excluding hydrogens is 558 g/mol. The molecule has 0 saturated carbocycles. The molecule has 0 aliphatic carbocycles. The number of methoxy groups -OCH3 is 1. The van der Waals surface area contributed by atoms with Crippen molar-refractivity contribution in [3.8, 4) is 5.75 Å². The van der Waals surface area contributed by atoms with Gasteiger partial charge in [0.25, 0.3) is 11.8 Å². The number of amides is 3. The number of aromatic nitrogens is 1. The van der Waals surface area contributed by atoms with Gasteiger partial charge in [0.2, 0.25) is 5.91 Å². The van der Waals surface area contributed by atoms with Gasteiger partial charge in [0.1, 0.15) is 5.75 Å². The van der Waals surface area contributed by atoms with Crippen LogP contribution in [0.25, 0.3) is 0 Å². The number of carbonyl (C=O) groups is 3. The number of nitrogens with one attached hydrogen (secondary N) is 2. The fraction of sp³-hybridized carbons (Fsp3) is 0.400. The number of carbonyl (C=O) groups excluding carboxylic acids is 3. The monoisotopic (exact) mass is 595 g/mol. The zero-order valence-corrected chi connectivity index (χ0v) is 25.7. The second-order valence-electron chi connectivity index (χ2n) is 10.3. The average molecular weight is 596 g/mol. The number of rotatable bonds is 10. The second kappa shape index (κ2) is 14.0. The van der Waals surface area contributed by atoms with Crippen LogP contribution in [0, 0.1) is 5.92 Å². The highest BCUT2D eigenvalue weighted by molar-refractivity contribution is 8.01. The minimum Gasteiger partial charge on any atom is -0.496 e. The highest BCUT2D eigenvalue weighted by Gasteiger charge is 2.25. The van der Waals surface area contributed by atoms with E-state index in [2.05, 4.69) is 36.4 Å². The molecule has 1 atom stereocenters. The molecule has 9 nitrogen and oxygen atoms in total. The normalized spacial score (nSPS) is 14.2. The Balaban J connectivity index is 1.36. The SMILES string of the molecule is COc1ccc(Sc2cnc(NC(=O)c3ccc(CNC(C)C(C)C)cc3)s2)cc1C(=O)N1CCN(C(C)=O)CC1. The molecule has 0 bridgehead atoms. The molecule has 1 aromatic heterocycles. The van der Waals surface area contributed by atoms with Gasteiger partial charge in [-0.05, 0) is 48.7 Å². The quantitative estimate of drug-likeness (QED) is 0.340. The minimum atomic E-state index is -0.215. The molecule has 3 amide bonds. The first-order valence-electron chi connectivity index (χ1n) is 13.6. The Kier molecular flexibility index (Phi) is 10.4. The van der Waals surface area contributed by atoms with Gasteiger partial charge in [-0.15, -0.1) is 0 Å². The lowest BCUT2D eigenvalue weighted by Crippen LogP contribution is -2.50. The lowest BCUT2D eigenvalue weighted by Gasteiger charge is -2.34. The standard InChI is InChI=1S/C30H37N5O4S2/c1-19(2)20(3)31-17-22-6-8-23(9-7-22)28(37)33-30-32-18-27(41-30)40-24-10-11-26(39-5)25(16-24)29(38)35-14-12-34(13-15-35)21(4)36/h6-11,16,18-20,31H,12-15,17H2,1-5H3,(H,32,33,37). The molecule has 1 unspecified atom stereocenters. The van der Waals surface area contributed by atoms with Gasteiger partial charge in [-0.25, -0.2) is 4.98 Å². The second-order valence-corrected chi connectivity index (χ2v) is 12.7. The van der Waals surface area contributed by atoms with Crippen LogP contribution in [0.5, 0.6) is 5.75 Å². The van der Waals surface area contributed by atoms with Crippen LogP contribution >= 0.6 is 23.1 Å². The van der Waals surface area contributed by atoms with E-state index < -0.39 is 0 Å². The fourth-order valence-corrected chi connectivity index (χ4v) is 6.14. The van der Waals surface area contributed by atoms with Gasteiger partial charge in [-0.3, -0.25) is 19.7 Å². The first-order chi connectivity index (χ1) is 19.6. The van der Waals surface area contributed by atoms with E-state index in [-0.39, 0.29) is 17.7 Å². The van der Waals surface area contributed by atoms with Crippen molar-refractivity contribution < 1.29 is 19.1 Å². The van der Waals surface area contributed by atoms with Gasteiger partial charge in [-0.1, -0.05) is 49.1 Å². The van der Waals surface area contributed by atoms with Crippen molar-refractivity contribution in [1.29, 1.82) is 0 Å². The molecule has 1 saturated heterocycles. The largest absolute Gasteiger partial charge is 0.496 e. The van der Waals surface area contributed by atoms with Gasteiger partial charge in [0.15, 0.2) is 5.13 Å². The van der Waals surface area contributed by atoms with Gasteiger partial charge >= 0.3 is 0 Å². The summed E-state index contributed by atoms with van der Waals surface area (Å²) in [5.74, 6) is 0.735. The summed E-state index contributed by atoms with van der Waals surface area (Å²) in [6.45, 7) is 10.8. The molecule has 41 heavy (non-hydrogen) atoms. The molecule has 0 spiro atoms. The average Bonchev–Trinajstić information content (AvgIpc) is 3.41.